The van der Waals surface area contributed by atoms with Crippen LogP contribution in [0.15, 0.2) is 28.9 Å². The molecule has 0 radical (unpaired) electrons. The SMILES string of the molecule is COc1ccc(OC)c(-c2[nH]ncc2CN2CCCC2c2c(C)noc2C)c1. The van der Waals surface area contributed by atoms with E-state index < -0.39 is 0 Å². The molecule has 1 aromatic carbocycles. The van der Waals surface area contributed by atoms with Crippen molar-refractivity contribution in [2.24, 2.45) is 0 Å². The second kappa shape index (κ2) is 7.67. The van der Waals surface area contributed by atoms with Crippen LogP contribution in [0, 0.1) is 13.8 Å². The molecule has 1 aliphatic rings. The molecule has 4 rings (SSSR count). The number of methoxy groups -OCH3 is 2. The zero-order valence-electron chi connectivity index (χ0n) is 16.8. The first-order valence-corrected chi connectivity index (χ1v) is 9.53. The van der Waals surface area contributed by atoms with Crippen LogP contribution in [0.4, 0.5) is 0 Å². The number of nitrogens with one attached hydrogen (secondary N) is 1. The normalized spacial score (nSPS) is 17.2. The quantitative estimate of drug-likeness (QED) is 0.693. The zero-order chi connectivity index (χ0) is 19.7. The van der Waals surface area contributed by atoms with Gasteiger partial charge in [-0.15, -0.1) is 0 Å². The van der Waals surface area contributed by atoms with Crippen molar-refractivity contribution < 1.29 is 14.0 Å². The van der Waals surface area contributed by atoms with Gasteiger partial charge in [-0.1, -0.05) is 5.16 Å². The largest absolute Gasteiger partial charge is 0.497 e. The molecule has 7 heteroatoms. The van der Waals surface area contributed by atoms with Gasteiger partial charge in [0.15, 0.2) is 0 Å². The number of nitrogens with zero attached hydrogens (tertiary/aromatic N) is 3. The monoisotopic (exact) mass is 382 g/mol. The maximum atomic E-state index is 5.57. The minimum absolute atomic E-state index is 0.321. The van der Waals surface area contributed by atoms with Gasteiger partial charge in [0.2, 0.25) is 0 Å². The van der Waals surface area contributed by atoms with Crippen molar-refractivity contribution >= 4 is 0 Å². The summed E-state index contributed by atoms with van der Waals surface area (Å²) in [7, 11) is 3.34. The molecule has 3 aromatic rings. The maximum absolute atomic E-state index is 5.57. The molecule has 7 nitrogen and oxygen atoms in total. The second-order valence-corrected chi connectivity index (χ2v) is 7.20. The van der Waals surface area contributed by atoms with Crippen LogP contribution in [-0.2, 0) is 6.54 Å². The number of benzene rings is 1. The molecule has 1 fully saturated rings. The van der Waals surface area contributed by atoms with Gasteiger partial charge >= 0.3 is 0 Å². The summed E-state index contributed by atoms with van der Waals surface area (Å²) in [5.41, 5.74) is 5.24. The molecule has 1 atom stereocenters. The highest BCUT2D eigenvalue weighted by molar-refractivity contribution is 5.71. The van der Waals surface area contributed by atoms with Crippen LogP contribution >= 0.6 is 0 Å². The first-order chi connectivity index (χ1) is 13.6. The summed E-state index contributed by atoms with van der Waals surface area (Å²) in [6.45, 7) is 5.85. The van der Waals surface area contributed by atoms with E-state index in [1.807, 2.05) is 38.2 Å². The zero-order valence-corrected chi connectivity index (χ0v) is 16.8. The fraction of sp³-hybridized carbons (Fsp3) is 0.429. The topological polar surface area (TPSA) is 76.4 Å². The molecule has 1 N–H and O–H groups in total. The van der Waals surface area contributed by atoms with Crippen LogP contribution in [0.2, 0.25) is 0 Å². The van der Waals surface area contributed by atoms with Crippen LogP contribution < -0.4 is 9.47 Å². The fourth-order valence-corrected chi connectivity index (χ4v) is 4.20. The van der Waals surface area contributed by atoms with E-state index in [0.29, 0.717) is 6.04 Å². The van der Waals surface area contributed by atoms with Crippen molar-refractivity contribution in [1.82, 2.24) is 20.3 Å². The Bertz CT molecular complexity index is 943. The lowest BCUT2D eigenvalue weighted by atomic mass is 10.0. The molecule has 2 aromatic heterocycles. The Morgan fingerprint density at radius 3 is 2.82 bits per heavy atom. The number of aryl methyl sites for hydroxylation is 2. The van der Waals surface area contributed by atoms with Gasteiger partial charge < -0.3 is 14.0 Å². The molecule has 1 saturated heterocycles. The van der Waals surface area contributed by atoms with Gasteiger partial charge in [0, 0.05) is 29.3 Å². The van der Waals surface area contributed by atoms with Crippen molar-refractivity contribution in [3.63, 3.8) is 0 Å². The second-order valence-electron chi connectivity index (χ2n) is 7.20. The number of H-pyrrole nitrogens is 1. The van der Waals surface area contributed by atoms with Crippen LogP contribution in [0.25, 0.3) is 11.3 Å². The Labute approximate surface area is 164 Å². The molecule has 1 aliphatic heterocycles. The third-order valence-electron chi connectivity index (χ3n) is 5.55. The fourth-order valence-electron chi connectivity index (χ4n) is 4.20. The average Bonchev–Trinajstić information content (AvgIpc) is 3.43. The van der Waals surface area contributed by atoms with Gasteiger partial charge in [-0.3, -0.25) is 10.00 Å². The van der Waals surface area contributed by atoms with Crippen LogP contribution in [-0.4, -0.2) is 41.0 Å². The maximum Gasteiger partial charge on any atom is 0.138 e. The third-order valence-corrected chi connectivity index (χ3v) is 5.55. The molecule has 0 spiro atoms. The van der Waals surface area contributed by atoms with E-state index in [2.05, 4.69) is 20.3 Å². The Hall–Kier alpha value is -2.80. The molecule has 0 saturated carbocycles. The number of ether oxygens (including phenoxy) is 2. The van der Waals surface area contributed by atoms with Crippen molar-refractivity contribution in [2.45, 2.75) is 39.3 Å². The molecule has 1 unspecified atom stereocenters. The molecular formula is C21H26N4O3. The van der Waals surface area contributed by atoms with Gasteiger partial charge in [0.1, 0.15) is 17.3 Å². The number of likely N-dealkylation sites (tertiary alicyclic amines) is 1. The van der Waals surface area contributed by atoms with E-state index in [1.165, 1.54) is 5.56 Å². The smallest absolute Gasteiger partial charge is 0.138 e. The Morgan fingerprint density at radius 2 is 2.11 bits per heavy atom. The van der Waals surface area contributed by atoms with Gasteiger partial charge in [-0.2, -0.15) is 5.10 Å². The lowest BCUT2D eigenvalue weighted by Gasteiger charge is -2.24. The van der Waals surface area contributed by atoms with E-state index in [9.17, 15) is 0 Å². The van der Waals surface area contributed by atoms with Gasteiger partial charge in [-0.05, 0) is 51.4 Å². The van der Waals surface area contributed by atoms with E-state index in [4.69, 9.17) is 14.0 Å². The highest BCUT2D eigenvalue weighted by Gasteiger charge is 2.31. The Morgan fingerprint density at radius 1 is 1.25 bits per heavy atom. The van der Waals surface area contributed by atoms with Crippen molar-refractivity contribution in [3.8, 4) is 22.8 Å². The number of hydrogen-bond donors (Lipinski definition) is 1. The van der Waals surface area contributed by atoms with Crippen molar-refractivity contribution in [1.29, 1.82) is 0 Å². The summed E-state index contributed by atoms with van der Waals surface area (Å²) in [6.07, 6.45) is 4.17. The molecule has 0 bridgehead atoms. The lowest BCUT2D eigenvalue weighted by molar-refractivity contribution is 0.246. The minimum atomic E-state index is 0.321. The molecule has 0 aliphatic carbocycles. The Balaban J connectivity index is 1.65. The van der Waals surface area contributed by atoms with E-state index in [1.54, 1.807) is 14.2 Å². The van der Waals surface area contributed by atoms with E-state index >= 15 is 0 Å². The lowest BCUT2D eigenvalue weighted by Crippen LogP contribution is -2.23. The molecule has 3 heterocycles. The summed E-state index contributed by atoms with van der Waals surface area (Å²) in [5, 5.41) is 11.6. The van der Waals surface area contributed by atoms with Gasteiger partial charge in [0.25, 0.3) is 0 Å². The van der Waals surface area contributed by atoms with E-state index in [0.717, 1.165) is 65.7 Å². The first-order valence-electron chi connectivity index (χ1n) is 9.53. The van der Waals surface area contributed by atoms with Gasteiger partial charge in [0.05, 0.1) is 31.8 Å². The number of rotatable bonds is 6. The summed E-state index contributed by atoms with van der Waals surface area (Å²) in [5.74, 6) is 2.48. The van der Waals surface area contributed by atoms with Crippen molar-refractivity contribution in [2.75, 3.05) is 20.8 Å². The highest BCUT2D eigenvalue weighted by Crippen LogP contribution is 2.39. The Kier molecular flexibility index (Phi) is 5.09. The van der Waals surface area contributed by atoms with Crippen LogP contribution in [0.5, 0.6) is 11.5 Å². The minimum Gasteiger partial charge on any atom is -0.497 e. The number of hydrogen-bond acceptors (Lipinski definition) is 6. The standard InChI is InChI=1S/C21H26N4O3/c1-13-20(14(2)28-24-13)18-6-5-9-25(18)12-15-11-22-23-21(15)17-10-16(26-3)7-8-19(17)27-4/h7-8,10-11,18H,5-6,9,12H2,1-4H3,(H,22,23). The average molecular weight is 382 g/mol. The van der Waals surface area contributed by atoms with Crippen LogP contribution in [0.3, 0.4) is 0 Å². The summed E-state index contributed by atoms with van der Waals surface area (Å²) in [4.78, 5) is 2.48. The first kappa shape index (κ1) is 18.6. The third kappa shape index (κ3) is 3.26. The summed E-state index contributed by atoms with van der Waals surface area (Å²) >= 11 is 0. The van der Waals surface area contributed by atoms with Gasteiger partial charge in [-0.25, -0.2) is 0 Å². The predicted molar refractivity (Wildman–Crippen MR) is 105 cm³/mol. The number of aromatic nitrogens is 3. The number of aromatic amines is 1. The predicted octanol–water partition coefficient (Wildman–Crippen LogP) is 4.04. The summed E-state index contributed by atoms with van der Waals surface area (Å²) in [6, 6.07) is 6.11. The molecule has 148 valence electrons. The summed E-state index contributed by atoms with van der Waals surface area (Å²) < 4.78 is 16.4. The highest BCUT2D eigenvalue weighted by atomic mass is 16.5. The van der Waals surface area contributed by atoms with Crippen LogP contribution in [0.1, 0.15) is 41.5 Å². The molecular weight excluding hydrogens is 356 g/mol. The van der Waals surface area contributed by atoms with Crippen molar-refractivity contribution in [3.05, 3.63) is 47.0 Å². The molecule has 0 amide bonds. The molecule has 28 heavy (non-hydrogen) atoms. The van der Waals surface area contributed by atoms with E-state index in [-0.39, 0.29) is 0 Å².